The fraction of sp³-hybridized carbons (Fsp3) is 0.679. The molecule has 0 saturated heterocycles. The molecule has 2 N–H and O–H groups in total. The zero-order valence-electron chi connectivity index (χ0n) is 21.9. The van der Waals surface area contributed by atoms with Gasteiger partial charge in [-0.3, -0.25) is 9.59 Å². The number of hydrogen-bond donors (Lipinski definition) is 1. The van der Waals surface area contributed by atoms with Gasteiger partial charge in [-0.2, -0.15) is 0 Å². The maximum absolute atomic E-state index is 12.5. The molecule has 1 aliphatic heterocycles. The molecular weight excluding hydrogens is 456 g/mol. The molecule has 8 nitrogen and oxygen atoms in total. The zero-order valence-corrected chi connectivity index (χ0v) is 21.9. The highest BCUT2D eigenvalue weighted by atomic mass is 16.5. The van der Waals surface area contributed by atoms with E-state index >= 15 is 0 Å². The highest BCUT2D eigenvalue weighted by Gasteiger charge is 2.27. The molecule has 2 saturated carbocycles. The molecule has 1 amide bonds. The van der Waals surface area contributed by atoms with Crippen LogP contribution in [0.15, 0.2) is 23.2 Å². The lowest BCUT2D eigenvalue weighted by molar-refractivity contribution is -0.151. The Morgan fingerprint density at radius 3 is 2.64 bits per heavy atom. The average molecular weight is 499 g/mol. The summed E-state index contributed by atoms with van der Waals surface area (Å²) in [5, 5.41) is 0. The first-order valence-electron chi connectivity index (χ1n) is 13.7. The van der Waals surface area contributed by atoms with Gasteiger partial charge in [0.2, 0.25) is 5.91 Å². The second-order valence-electron chi connectivity index (χ2n) is 10.7. The lowest BCUT2D eigenvalue weighted by atomic mass is 10.0. The molecule has 1 aromatic carbocycles. The minimum Gasteiger partial charge on any atom is -0.494 e. The standard InChI is InChI=1S/C28H42N4O4/c1-20(22-10-5-6-11-22)36-27(34)19-32-18-23-16-24(13-14-25(23)30-28(32)29)35-15-7-12-26(33)31(2)17-21-8-3-4-9-21/h13-14,16,20-22H,3-12,15,17-19H2,1-2H3,(H2,29,30). The van der Waals surface area contributed by atoms with E-state index in [0.29, 0.717) is 43.8 Å². The molecule has 3 aliphatic rings. The van der Waals surface area contributed by atoms with Crippen molar-refractivity contribution >= 4 is 23.5 Å². The van der Waals surface area contributed by atoms with Crippen LogP contribution in [0.4, 0.5) is 5.69 Å². The highest BCUT2D eigenvalue weighted by molar-refractivity contribution is 5.87. The number of nitrogens with two attached hydrogens (primary N) is 1. The first kappa shape index (κ1) is 26.3. The summed E-state index contributed by atoms with van der Waals surface area (Å²) in [7, 11) is 1.91. The summed E-state index contributed by atoms with van der Waals surface area (Å²) in [5.41, 5.74) is 7.87. The number of carbonyl (C=O) groups is 2. The minimum absolute atomic E-state index is 0.0652. The third-order valence-electron chi connectivity index (χ3n) is 7.91. The monoisotopic (exact) mass is 498 g/mol. The smallest absolute Gasteiger partial charge is 0.325 e. The molecule has 1 aromatic rings. The van der Waals surface area contributed by atoms with Crippen molar-refractivity contribution in [3.05, 3.63) is 23.8 Å². The van der Waals surface area contributed by atoms with E-state index in [1.165, 1.54) is 38.5 Å². The van der Waals surface area contributed by atoms with E-state index in [2.05, 4.69) is 4.99 Å². The van der Waals surface area contributed by atoms with Crippen molar-refractivity contribution in [3.8, 4) is 5.75 Å². The second-order valence-corrected chi connectivity index (χ2v) is 10.7. The molecule has 8 heteroatoms. The van der Waals surface area contributed by atoms with Gasteiger partial charge in [-0.05, 0) is 69.1 Å². The molecule has 2 aliphatic carbocycles. The molecule has 1 unspecified atom stereocenters. The van der Waals surface area contributed by atoms with Gasteiger partial charge in [0.1, 0.15) is 18.4 Å². The van der Waals surface area contributed by atoms with Crippen molar-refractivity contribution in [1.82, 2.24) is 9.80 Å². The maximum atomic E-state index is 12.5. The van der Waals surface area contributed by atoms with Gasteiger partial charge in [-0.25, -0.2) is 4.99 Å². The van der Waals surface area contributed by atoms with Crippen LogP contribution >= 0.6 is 0 Å². The number of carbonyl (C=O) groups excluding carboxylic acids is 2. The van der Waals surface area contributed by atoms with Crippen molar-refractivity contribution in [2.24, 2.45) is 22.6 Å². The molecule has 4 rings (SSSR count). The Hall–Kier alpha value is -2.77. The van der Waals surface area contributed by atoms with Crippen molar-refractivity contribution in [2.75, 3.05) is 26.7 Å². The van der Waals surface area contributed by atoms with Crippen molar-refractivity contribution < 1.29 is 19.1 Å². The topological polar surface area (TPSA) is 97.5 Å². The Balaban J connectivity index is 1.22. The molecule has 0 aromatic heterocycles. The lowest BCUT2D eigenvalue weighted by Crippen LogP contribution is -2.43. The number of amides is 1. The Morgan fingerprint density at radius 1 is 1.17 bits per heavy atom. The van der Waals surface area contributed by atoms with Crippen LogP contribution in [0.1, 0.15) is 76.7 Å². The number of benzene rings is 1. The maximum Gasteiger partial charge on any atom is 0.325 e. The molecule has 2 fully saturated rings. The predicted octanol–water partition coefficient (Wildman–Crippen LogP) is 4.38. The summed E-state index contributed by atoms with van der Waals surface area (Å²) >= 11 is 0. The Kier molecular flexibility index (Phi) is 9.10. The van der Waals surface area contributed by atoms with Crippen LogP contribution in [0, 0.1) is 11.8 Å². The number of esters is 1. The SMILES string of the molecule is CC(OC(=O)CN1Cc2cc(OCCCC(=O)N(C)CC3CCCC3)ccc2N=C1N)C1CCCC1. The summed E-state index contributed by atoms with van der Waals surface area (Å²) in [6.07, 6.45) is 10.9. The third kappa shape index (κ3) is 7.14. The van der Waals surface area contributed by atoms with Crippen LogP contribution < -0.4 is 10.5 Å². The van der Waals surface area contributed by atoms with E-state index in [4.69, 9.17) is 15.2 Å². The van der Waals surface area contributed by atoms with Gasteiger partial charge in [0.15, 0.2) is 5.96 Å². The largest absolute Gasteiger partial charge is 0.494 e. The van der Waals surface area contributed by atoms with Gasteiger partial charge in [0.25, 0.3) is 0 Å². The lowest BCUT2D eigenvalue weighted by Gasteiger charge is -2.28. The number of guanidine groups is 1. The molecule has 0 radical (unpaired) electrons. The number of ether oxygens (including phenoxy) is 2. The number of nitrogens with zero attached hydrogens (tertiary/aromatic N) is 3. The van der Waals surface area contributed by atoms with Crippen molar-refractivity contribution in [2.45, 2.75) is 83.8 Å². The highest BCUT2D eigenvalue weighted by Crippen LogP contribution is 2.31. The van der Waals surface area contributed by atoms with Crippen LogP contribution in [-0.4, -0.2) is 60.5 Å². The molecular formula is C28H42N4O4. The minimum atomic E-state index is -0.272. The van der Waals surface area contributed by atoms with Gasteiger partial charge in [0, 0.05) is 32.1 Å². The Labute approximate surface area is 215 Å². The molecule has 0 bridgehead atoms. The van der Waals surface area contributed by atoms with Crippen LogP contribution in [0.5, 0.6) is 5.75 Å². The van der Waals surface area contributed by atoms with Crippen LogP contribution in [0.3, 0.4) is 0 Å². The van der Waals surface area contributed by atoms with E-state index in [0.717, 1.165) is 36.4 Å². The third-order valence-corrected chi connectivity index (χ3v) is 7.91. The normalized spacial score (nSPS) is 19.1. The fourth-order valence-electron chi connectivity index (χ4n) is 5.71. The van der Waals surface area contributed by atoms with E-state index in [-0.39, 0.29) is 24.5 Å². The van der Waals surface area contributed by atoms with Gasteiger partial charge < -0.3 is 25.0 Å². The van der Waals surface area contributed by atoms with Gasteiger partial charge >= 0.3 is 5.97 Å². The van der Waals surface area contributed by atoms with Crippen molar-refractivity contribution in [1.29, 1.82) is 0 Å². The van der Waals surface area contributed by atoms with Gasteiger partial charge in [-0.1, -0.05) is 25.7 Å². The molecule has 0 spiro atoms. The number of hydrogen-bond acceptors (Lipinski definition) is 7. The van der Waals surface area contributed by atoms with E-state index in [9.17, 15) is 9.59 Å². The molecule has 36 heavy (non-hydrogen) atoms. The van der Waals surface area contributed by atoms with Gasteiger partial charge in [0.05, 0.1) is 12.3 Å². The Morgan fingerprint density at radius 2 is 1.89 bits per heavy atom. The number of rotatable bonds is 11. The second kappa shape index (κ2) is 12.5. The number of aliphatic imine (C=N–C) groups is 1. The van der Waals surface area contributed by atoms with E-state index in [1.807, 2.05) is 37.1 Å². The summed E-state index contributed by atoms with van der Waals surface area (Å²) in [6.45, 7) is 3.88. The van der Waals surface area contributed by atoms with E-state index < -0.39 is 0 Å². The first-order valence-corrected chi connectivity index (χ1v) is 13.7. The Bertz CT molecular complexity index is 937. The van der Waals surface area contributed by atoms with Gasteiger partial charge in [-0.15, -0.1) is 0 Å². The molecule has 1 heterocycles. The molecule has 198 valence electrons. The summed E-state index contributed by atoms with van der Waals surface area (Å²) < 4.78 is 11.6. The van der Waals surface area contributed by atoms with Crippen LogP contribution in [-0.2, 0) is 20.9 Å². The molecule has 1 atom stereocenters. The summed E-state index contributed by atoms with van der Waals surface area (Å²) in [5.74, 6) is 2.09. The number of fused-ring (bicyclic) bond motifs is 1. The van der Waals surface area contributed by atoms with Crippen LogP contribution in [0.25, 0.3) is 0 Å². The average Bonchev–Trinajstić information content (AvgIpc) is 3.57. The first-order chi connectivity index (χ1) is 17.4. The summed E-state index contributed by atoms with van der Waals surface area (Å²) in [6, 6.07) is 5.70. The van der Waals surface area contributed by atoms with Crippen LogP contribution in [0.2, 0.25) is 0 Å². The quantitative estimate of drug-likeness (QED) is 0.359. The predicted molar refractivity (Wildman–Crippen MR) is 140 cm³/mol. The zero-order chi connectivity index (χ0) is 25.5. The summed E-state index contributed by atoms with van der Waals surface area (Å²) in [4.78, 5) is 33.1. The van der Waals surface area contributed by atoms with E-state index in [1.54, 1.807) is 4.90 Å². The fourth-order valence-corrected chi connectivity index (χ4v) is 5.71. The van der Waals surface area contributed by atoms with Crippen molar-refractivity contribution in [3.63, 3.8) is 0 Å².